The Labute approximate surface area is 163 Å². The van der Waals surface area contributed by atoms with Crippen LogP contribution in [0.15, 0.2) is 36.5 Å². The molecule has 1 fully saturated rings. The molecule has 2 aliphatic rings. The highest BCUT2D eigenvalue weighted by molar-refractivity contribution is 5.49. The van der Waals surface area contributed by atoms with Crippen LogP contribution in [0, 0.1) is 0 Å². The number of ether oxygens (including phenoxy) is 2. The van der Waals surface area contributed by atoms with Gasteiger partial charge >= 0.3 is 0 Å². The summed E-state index contributed by atoms with van der Waals surface area (Å²) in [4.78, 5) is 9.65. The van der Waals surface area contributed by atoms with E-state index in [1.165, 1.54) is 0 Å². The lowest BCUT2D eigenvalue weighted by Crippen LogP contribution is -2.17. The van der Waals surface area contributed by atoms with Crippen molar-refractivity contribution in [2.45, 2.75) is 32.0 Å². The number of imidazole rings is 1. The molecule has 8 nitrogen and oxygen atoms in total. The fourth-order valence-electron chi connectivity index (χ4n) is 3.72. The summed E-state index contributed by atoms with van der Waals surface area (Å²) >= 11 is 0. The van der Waals surface area contributed by atoms with Gasteiger partial charge in [-0.2, -0.15) is 5.10 Å². The summed E-state index contributed by atoms with van der Waals surface area (Å²) in [6, 6.07) is 9.94. The van der Waals surface area contributed by atoms with E-state index in [1.807, 2.05) is 35.0 Å². The average Bonchev–Trinajstić information content (AvgIpc) is 3.44. The summed E-state index contributed by atoms with van der Waals surface area (Å²) in [5, 5.41) is 8.15. The molecule has 8 heteroatoms. The standard InChI is InChI=1S/C20H24N6O2/c1-2-4-16(5-3-1)28-14-18-23-20(26(24-18)15-7-11-27-13-15)17-12-25-10-9-21-8-6-19(25)22-17/h1-5,12,15,21H,6-11,13-14H2. The maximum atomic E-state index is 5.85. The van der Waals surface area contributed by atoms with Crippen molar-refractivity contribution in [3.8, 4) is 17.3 Å². The molecular formula is C20H24N6O2. The Morgan fingerprint density at radius 1 is 1.18 bits per heavy atom. The molecule has 1 unspecified atom stereocenters. The molecule has 146 valence electrons. The van der Waals surface area contributed by atoms with E-state index in [0.29, 0.717) is 19.0 Å². The van der Waals surface area contributed by atoms with Crippen molar-refractivity contribution in [1.82, 2.24) is 29.6 Å². The monoisotopic (exact) mass is 380 g/mol. The molecule has 0 bridgehead atoms. The molecule has 0 radical (unpaired) electrons. The van der Waals surface area contributed by atoms with Gasteiger partial charge in [0, 0.05) is 38.9 Å². The first-order valence-electron chi connectivity index (χ1n) is 9.85. The first-order valence-corrected chi connectivity index (χ1v) is 9.85. The maximum Gasteiger partial charge on any atom is 0.188 e. The fraction of sp³-hybridized carbons (Fsp3) is 0.450. The molecule has 4 heterocycles. The number of hydrogen-bond acceptors (Lipinski definition) is 6. The number of aromatic nitrogens is 5. The van der Waals surface area contributed by atoms with Gasteiger partial charge in [-0.05, 0) is 18.6 Å². The molecular weight excluding hydrogens is 356 g/mol. The summed E-state index contributed by atoms with van der Waals surface area (Å²) in [6.45, 7) is 4.58. The second-order valence-corrected chi connectivity index (χ2v) is 7.15. The third-order valence-electron chi connectivity index (χ3n) is 5.18. The highest BCUT2D eigenvalue weighted by Gasteiger charge is 2.26. The minimum atomic E-state index is 0.191. The van der Waals surface area contributed by atoms with Crippen molar-refractivity contribution in [1.29, 1.82) is 0 Å². The number of nitrogens with one attached hydrogen (secondary N) is 1. The number of nitrogens with zero attached hydrogens (tertiary/aromatic N) is 5. The lowest BCUT2D eigenvalue weighted by atomic mass is 10.2. The number of hydrogen-bond donors (Lipinski definition) is 1. The molecule has 1 atom stereocenters. The van der Waals surface area contributed by atoms with Gasteiger partial charge in [-0.3, -0.25) is 0 Å². The van der Waals surface area contributed by atoms with Gasteiger partial charge in [-0.1, -0.05) is 18.2 Å². The van der Waals surface area contributed by atoms with Crippen LogP contribution in [0.4, 0.5) is 0 Å². The van der Waals surface area contributed by atoms with Crippen LogP contribution in [0.3, 0.4) is 0 Å². The van der Waals surface area contributed by atoms with Gasteiger partial charge in [0.15, 0.2) is 11.6 Å². The van der Waals surface area contributed by atoms with Crippen LogP contribution < -0.4 is 10.1 Å². The van der Waals surface area contributed by atoms with E-state index in [1.54, 1.807) is 0 Å². The molecule has 0 amide bonds. The van der Waals surface area contributed by atoms with Gasteiger partial charge in [0.05, 0.1) is 12.6 Å². The van der Waals surface area contributed by atoms with E-state index >= 15 is 0 Å². The molecule has 2 aromatic heterocycles. The van der Waals surface area contributed by atoms with Gasteiger partial charge in [0.25, 0.3) is 0 Å². The number of fused-ring (bicyclic) bond motifs is 1. The van der Waals surface area contributed by atoms with Gasteiger partial charge in [0.2, 0.25) is 0 Å². The van der Waals surface area contributed by atoms with Gasteiger partial charge in [0.1, 0.15) is 23.9 Å². The van der Waals surface area contributed by atoms with Crippen molar-refractivity contribution >= 4 is 0 Å². The molecule has 1 aromatic carbocycles. The summed E-state index contributed by atoms with van der Waals surface area (Å²) in [6.07, 6.45) is 3.96. The molecule has 28 heavy (non-hydrogen) atoms. The van der Waals surface area contributed by atoms with Gasteiger partial charge in [-0.15, -0.1) is 0 Å². The third kappa shape index (κ3) is 3.53. The van der Waals surface area contributed by atoms with Crippen LogP contribution in [0.25, 0.3) is 11.5 Å². The Balaban J connectivity index is 1.44. The molecule has 2 aliphatic heterocycles. The zero-order valence-electron chi connectivity index (χ0n) is 15.8. The lowest BCUT2D eigenvalue weighted by Gasteiger charge is -2.10. The van der Waals surface area contributed by atoms with Crippen LogP contribution in [-0.2, 0) is 24.3 Å². The quantitative estimate of drug-likeness (QED) is 0.728. The van der Waals surface area contributed by atoms with E-state index < -0.39 is 0 Å². The Bertz CT molecular complexity index is 906. The zero-order valence-corrected chi connectivity index (χ0v) is 15.8. The Morgan fingerprint density at radius 2 is 2.11 bits per heavy atom. The number of para-hydroxylation sites is 1. The highest BCUT2D eigenvalue weighted by Crippen LogP contribution is 2.26. The van der Waals surface area contributed by atoms with E-state index in [-0.39, 0.29) is 6.04 Å². The molecule has 5 rings (SSSR count). The maximum absolute atomic E-state index is 5.85. The second-order valence-electron chi connectivity index (χ2n) is 7.15. The largest absolute Gasteiger partial charge is 0.486 e. The van der Waals surface area contributed by atoms with Crippen LogP contribution in [-0.4, -0.2) is 50.6 Å². The Morgan fingerprint density at radius 3 is 2.96 bits per heavy atom. The van der Waals surface area contributed by atoms with Crippen molar-refractivity contribution in [2.24, 2.45) is 0 Å². The van der Waals surface area contributed by atoms with Gasteiger partial charge in [-0.25, -0.2) is 14.6 Å². The van der Waals surface area contributed by atoms with Crippen LogP contribution in [0.2, 0.25) is 0 Å². The van der Waals surface area contributed by atoms with Crippen molar-refractivity contribution < 1.29 is 9.47 Å². The van der Waals surface area contributed by atoms with Crippen LogP contribution in [0.1, 0.15) is 24.1 Å². The molecule has 0 spiro atoms. The average molecular weight is 380 g/mol. The minimum Gasteiger partial charge on any atom is -0.486 e. The second kappa shape index (κ2) is 7.73. The Hall–Kier alpha value is -2.71. The van der Waals surface area contributed by atoms with Crippen molar-refractivity contribution in [3.05, 3.63) is 48.2 Å². The minimum absolute atomic E-state index is 0.191. The predicted molar refractivity (Wildman–Crippen MR) is 103 cm³/mol. The molecule has 1 N–H and O–H groups in total. The van der Waals surface area contributed by atoms with Crippen molar-refractivity contribution in [2.75, 3.05) is 26.3 Å². The third-order valence-corrected chi connectivity index (χ3v) is 5.18. The van der Waals surface area contributed by atoms with E-state index in [2.05, 4.69) is 16.1 Å². The summed E-state index contributed by atoms with van der Waals surface area (Å²) in [5.41, 5.74) is 0.877. The SMILES string of the molecule is c1ccc(OCc2nc(-c3cn4c(n3)CCNCC4)n(C3CCOC3)n2)cc1. The van der Waals surface area contributed by atoms with Crippen molar-refractivity contribution in [3.63, 3.8) is 0 Å². The van der Waals surface area contributed by atoms with E-state index in [0.717, 1.165) is 62.2 Å². The summed E-state index contributed by atoms with van der Waals surface area (Å²) in [7, 11) is 0. The van der Waals surface area contributed by atoms with Crippen LogP contribution >= 0.6 is 0 Å². The van der Waals surface area contributed by atoms with Gasteiger partial charge < -0.3 is 19.4 Å². The zero-order chi connectivity index (χ0) is 18.8. The van der Waals surface area contributed by atoms with Crippen LogP contribution in [0.5, 0.6) is 5.75 Å². The topological polar surface area (TPSA) is 79.0 Å². The molecule has 3 aromatic rings. The van der Waals surface area contributed by atoms with E-state index in [4.69, 9.17) is 24.5 Å². The number of benzene rings is 1. The molecule has 0 saturated carbocycles. The number of rotatable bonds is 5. The van der Waals surface area contributed by atoms with E-state index in [9.17, 15) is 0 Å². The molecule has 0 aliphatic carbocycles. The summed E-state index contributed by atoms with van der Waals surface area (Å²) in [5.74, 6) is 3.37. The highest BCUT2D eigenvalue weighted by atomic mass is 16.5. The first-order chi connectivity index (χ1) is 13.9. The predicted octanol–water partition coefficient (Wildman–Crippen LogP) is 1.83. The fourth-order valence-corrected chi connectivity index (χ4v) is 3.72. The molecule has 1 saturated heterocycles. The smallest absolute Gasteiger partial charge is 0.188 e. The lowest BCUT2D eigenvalue weighted by molar-refractivity contribution is 0.184. The normalized spacial score (nSPS) is 19.4. The Kier molecular flexibility index (Phi) is 4.80. The summed E-state index contributed by atoms with van der Waals surface area (Å²) < 4.78 is 15.6. The first kappa shape index (κ1) is 17.4.